The number of hydrogen-bond acceptors (Lipinski definition) is 8. The van der Waals surface area contributed by atoms with E-state index in [4.69, 9.17) is 21.4 Å². The maximum Gasteiger partial charge on any atom is 0.342 e. The highest BCUT2D eigenvalue weighted by Crippen LogP contribution is 2.19. The van der Waals surface area contributed by atoms with Crippen molar-refractivity contribution in [3.05, 3.63) is 4.91 Å². The molecule has 5 N–H and O–H groups in total. The molecule has 1 aliphatic heterocycles. The molecule has 0 aromatic heterocycles. The standard InChI is InChI=1S/C9H16ClN3O7/c10-1-2-13(12-19)9(18)11-8-7(17)6(16)5(15)4(3-14)20-8/h4-8,14-17H,1-3H2,(H,11,18)/t4-,5+,6+,7+,8+/m0/s1. The first-order valence-electron chi connectivity index (χ1n) is 5.74. The zero-order chi connectivity index (χ0) is 15.3. The number of carbonyl (C=O) groups is 1. The normalized spacial score (nSPS) is 33.5. The SMILES string of the molecule is O=NN(CCCl)C(=O)N[C@@H]1O[C@@H](CO)[C@@H](O)[C@@H](O)[C@H]1O. The third kappa shape index (κ3) is 3.75. The van der Waals surface area contributed by atoms with Crippen molar-refractivity contribution in [2.75, 3.05) is 19.0 Å². The fourth-order valence-corrected chi connectivity index (χ4v) is 1.84. The van der Waals surface area contributed by atoms with Gasteiger partial charge in [0.25, 0.3) is 0 Å². The van der Waals surface area contributed by atoms with Crippen LogP contribution in [0.15, 0.2) is 5.29 Å². The molecule has 20 heavy (non-hydrogen) atoms. The molecule has 1 rings (SSSR count). The van der Waals surface area contributed by atoms with Crippen LogP contribution in [0.2, 0.25) is 0 Å². The van der Waals surface area contributed by atoms with Gasteiger partial charge in [-0.1, -0.05) is 0 Å². The number of aliphatic hydroxyl groups excluding tert-OH is 4. The molecule has 0 aromatic rings. The van der Waals surface area contributed by atoms with Gasteiger partial charge in [-0.25, -0.2) is 4.79 Å². The molecule has 0 spiro atoms. The maximum absolute atomic E-state index is 11.6. The molecule has 1 fully saturated rings. The Labute approximate surface area is 118 Å². The molecule has 10 nitrogen and oxygen atoms in total. The Kier molecular flexibility index (Phi) is 6.52. The van der Waals surface area contributed by atoms with Crippen LogP contribution in [-0.4, -0.2) is 81.1 Å². The van der Waals surface area contributed by atoms with E-state index < -0.39 is 43.3 Å². The maximum atomic E-state index is 11.6. The van der Waals surface area contributed by atoms with Crippen LogP contribution in [-0.2, 0) is 4.74 Å². The zero-order valence-corrected chi connectivity index (χ0v) is 11.0. The van der Waals surface area contributed by atoms with Gasteiger partial charge in [0, 0.05) is 5.88 Å². The molecule has 2 amide bonds. The lowest BCUT2D eigenvalue weighted by molar-refractivity contribution is -0.233. The van der Waals surface area contributed by atoms with E-state index in [9.17, 15) is 25.0 Å². The highest BCUT2D eigenvalue weighted by molar-refractivity contribution is 6.18. The largest absolute Gasteiger partial charge is 0.394 e. The van der Waals surface area contributed by atoms with E-state index in [1.165, 1.54) is 0 Å². The average Bonchev–Trinajstić information content (AvgIpc) is 2.45. The lowest BCUT2D eigenvalue weighted by atomic mass is 9.98. The molecule has 1 aliphatic rings. The summed E-state index contributed by atoms with van der Waals surface area (Å²) in [6, 6.07) is -0.995. The van der Waals surface area contributed by atoms with Crippen LogP contribution in [0, 0.1) is 4.91 Å². The van der Waals surface area contributed by atoms with Crippen LogP contribution in [0.3, 0.4) is 0 Å². The minimum absolute atomic E-state index is 0.0339. The molecular formula is C9H16ClN3O7. The summed E-state index contributed by atoms with van der Waals surface area (Å²) in [5, 5.41) is 42.7. The van der Waals surface area contributed by atoms with Gasteiger partial charge in [0.05, 0.1) is 18.4 Å². The first-order chi connectivity index (χ1) is 9.46. The number of halogens is 1. The van der Waals surface area contributed by atoms with E-state index in [1.807, 2.05) is 0 Å². The van der Waals surface area contributed by atoms with Gasteiger partial charge in [0.1, 0.15) is 24.4 Å². The average molecular weight is 314 g/mol. The van der Waals surface area contributed by atoms with E-state index in [0.29, 0.717) is 5.01 Å². The summed E-state index contributed by atoms with van der Waals surface area (Å²) in [6.45, 7) is -0.789. The third-order valence-corrected chi connectivity index (χ3v) is 2.96. The highest BCUT2D eigenvalue weighted by atomic mass is 35.5. The first-order valence-corrected chi connectivity index (χ1v) is 6.27. The van der Waals surface area contributed by atoms with Crippen molar-refractivity contribution in [2.45, 2.75) is 30.6 Å². The predicted octanol–water partition coefficient (Wildman–Crippen LogP) is -2.28. The van der Waals surface area contributed by atoms with Gasteiger partial charge in [-0.3, -0.25) is 0 Å². The number of nitrogens with zero attached hydrogens (tertiary/aromatic N) is 2. The molecule has 0 unspecified atom stereocenters. The Hall–Kier alpha value is -1.04. The van der Waals surface area contributed by atoms with Gasteiger partial charge in [-0.15, -0.1) is 16.5 Å². The molecule has 0 bridgehead atoms. The first kappa shape index (κ1) is 17.0. The van der Waals surface area contributed by atoms with Gasteiger partial charge >= 0.3 is 6.03 Å². The molecular weight excluding hydrogens is 298 g/mol. The lowest BCUT2D eigenvalue weighted by Gasteiger charge is -2.40. The number of nitroso groups, excluding NO2 is 1. The number of carbonyl (C=O) groups excluding carboxylic acids is 1. The molecule has 0 radical (unpaired) electrons. The molecule has 1 heterocycles. The number of ether oxygens (including phenoxy) is 1. The van der Waals surface area contributed by atoms with Crippen LogP contribution < -0.4 is 5.32 Å². The lowest BCUT2D eigenvalue weighted by Crippen LogP contribution is -2.64. The second-order valence-corrected chi connectivity index (χ2v) is 4.47. The molecule has 5 atom stereocenters. The molecule has 0 aliphatic carbocycles. The third-order valence-electron chi connectivity index (χ3n) is 2.79. The van der Waals surface area contributed by atoms with Gasteiger partial charge in [0.15, 0.2) is 6.23 Å². The Morgan fingerprint density at radius 1 is 1.30 bits per heavy atom. The highest BCUT2D eigenvalue weighted by Gasteiger charge is 2.44. The number of hydrogen-bond donors (Lipinski definition) is 5. The quantitative estimate of drug-likeness (QED) is 0.218. The Morgan fingerprint density at radius 3 is 2.45 bits per heavy atom. The fourth-order valence-electron chi connectivity index (χ4n) is 1.68. The minimum atomic E-state index is -1.64. The van der Waals surface area contributed by atoms with Crippen LogP contribution in [0.1, 0.15) is 0 Å². The van der Waals surface area contributed by atoms with Crippen LogP contribution in [0.25, 0.3) is 0 Å². The minimum Gasteiger partial charge on any atom is -0.394 e. The van der Waals surface area contributed by atoms with Crippen molar-refractivity contribution in [2.24, 2.45) is 5.29 Å². The summed E-state index contributed by atoms with van der Waals surface area (Å²) >= 11 is 5.37. The van der Waals surface area contributed by atoms with E-state index >= 15 is 0 Å². The summed E-state index contributed by atoms with van der Waals surface area (Å²) in [4.78, 5) is 22.0. The number of aliphatic hydroxyl groups is 4. The molecule has 11 heteroatoms. The fraction of sp³-hybridized carbons (Fsp3) is 0.889. The molecule has 0 saturated carbocycles. The number of urea groups is 1. The smallest absolute Gasteiger partial charge is 0.342 e. The van der Waals surface area contributed by atoms with Crippen LogP contribution >= 0.6 is 11.6 Å². The van der Waals surface area contributed by atoms with Crippen molar-refractivity contribution in [3.63, 3.8) is 0 Å². The number of amides is 2. The summed E-state index contributed by atoms with van der Waals surface area (Å²) in [5.74, 6) is -0.0339. The van der Waals surface area contributed by atoms with Gasteiger partial charge in [0.2, 0.25) is 0 Å². The van der Waals surface area contributed by atoms with Gasteiger partial charge in [-0.05, 0) is 0 Å². The number of nitrogens with one attached hydrogen (secondary N) is 1. The Bertz CT molecular complexity index is 346. The van der Waals surface area contributed by atoms with Crippen molar-refractivity contribution >= 4 is 17.6 Å². The van der Waals surface area contributed by atoms with Crippen LogP contribution in [0.5, 0.6) is 0 Å². The number of rotatable bonds is 5. The number of alkyl halides is 1. The summed E-state index contributed by atoms with van der Waals surface area (Å²) in [7, 11) is 0. The monoisotopic (exact) mass is 313 g/mol. The second-order valence-electron chi connectivity index (χ2n) is 4.09. The van der Waals surface area contributed by atoms with Crippen LogP contribution in [0.4, 0.5) is 4.79 Å². The van der Waals surface area contributed by atoms with Crippen molar-refractivity contribution in [1.82, 2.24) is 10.3 Å². The zero-order valence-electron chi connectivity index (χ0n) is 10.3. The van der Waals surface area contributed by atoms with E-state index in [-0.39, 0.29) is 12.4 Å². The molecule has 1 saturated heterocycles. The summed E-state index contributed by atoms with van der Waals surface area (Å²) < 4.78 is 5.03. The Morgan fingerprint density at radius 2 is 1.95 bits per heavy atom. The molecule has 0 aromatic carbocycles. The summed E-state index contributed by atoms with van der Waals surface area (Å²) in [5.41, 5.74) is 0. The van der Waals surface area contributed by atoms with E-state index in [0.717, 1.165) is 0 Å². The van der Waals surface area contributed by atoms with Crippen molar-refractivity contribution in [3.8, 4) is 0 Å². The van der Waals surface area contributed by atoms with E-state index in [1.54, 1.807) is 0 Å². The molecule has 116 valence electrons. The van der Waals surface area contributed by atoms with Crippen molar-refractivity contribution < 1.29 is 30.0 Å². The summed E-state index contributed by atoms with van der Waals surface area (Å²) in [6.07, 6.45) is -7.38. The topological polar surface area (TPSA) is 152 Å². The predicted molar refractivity (Wildman–Crippen MR) is 65.5 cm³/mol. The van der Waals surface area contributed by atoms with E-state index in [2.05, 4.69) is 10.6 Å². The van der Waals surface area contributed by atoms with Crippen molar-refractivity contribution in [1.29, 1.82) is 0 Å². The Balaban J connectivity index is 2.70. The second kappa shape index (κ2) is 7.67. The van der Waals surface area contributed by atoms with Gasteiger partial charge in [-0.2, -0.15) is 5.01 Å². The van der Waals surface area contributed by atoms with Gasteiger partial charge < -0.3 is 30.5 Å².